The van der Waals surface area contributed by atoms with Crippen molar-refractivity contribution in [1.82, 2.24) is 9.27 Å². The fourth-order valence-electron chi connectivity index (χ4n) is 6.73. The van der Waals surface area contributed by atoms with Gasteiger partial charge in [0.25, 0.3) is 0 Å². The lowest BCUT2D eigenvalue weighted by atomic mass is 9.73. The summed E-state index contributed by atoms with van der Waals surface area (Å²) in [5.74, 6) is 0.698. The Hall–Kier alpha value is -4.24. The first-order chi connectivity index (χ1) is 20.8. The van der Waals surface area contributed by atoms with Crippen molar-refractivity contribution in [3.05, 3.63) is 95.4 Å². The zero-order valence-electron chi connectivity index (χ0n) is 24.3. The van der Waals surface area contributed by atoms with E-state index in [1.165, 1.54) is 23.7 Å². The first-order valence-electron chi connectivity index (χ1n) is 14.8. The number of nitrogens with one attached hydrogen (secondary N) is 1. The van der Waals surface area contributed by atoms with Crippen LogP contribution in [0.15, 0.2) is 84.1 Å². The summed E-state index contributed by atoms with van der Waals surface area (Å²) in [6, 6.07) is 21.9. The molecule has 1 N–H and O–H groups in total. The second kappa shape index (κ2) is 10.8. The summed E-state index contributed by atoms with van der Waals surface area (Å²) in [6.45, 7) is 6.86. The van der Waals surface area contributed by atoms with Crippen molar-refractivity contribution in [2.45, 2.75) is 32.7 Å². The molecule has 1 fully saturated rings. The van der Waals surface area contributed by atoms with Gasteiger partial charge < -0.3 is 20.0 Å². The number of hydrogen-bond donors (Lipinski definition) is 1. The summed E-state index contributed by atoms with van der Waals surface area (Å²) in [4.78, 5) is 34.1. The molecule has 1 saturated heterocycles. The fraction of sp³-hybridized carbons (Fsp3) is 0.324. The number of rotatable bonds is 4. The van der Waals surface area contributed by atoms with E-state index in [0.29, 0.717) is 44.6 Å². The van der Waals surface area contributed by atoms with E-state index in [-0.39, 0.29) is 29.5 Å². The van der Waals surface area contributed by atoms with Gasteiger partial charge in [-0.05, 0) is 65.3 Å². The van der Waals surface area contributed by atoms with Crippen LogP contribution in [0.3, 0.4) is 0 Å². The van der Waals surface area contributed by atoms with Crippen LogP contribution >= 0.6 is 11.5 Å². The molecule has 1 unspecified atom stereocenters. The number of aromatic nitrogens is 1. The number of ketones is 1. The average Bonchev–Trinajstić information content (AvgIpc) is 3.37. The second-order valence-electron chi connectivity index (χ2n) is 12.4. The zero-order valence-corrected chi connectivity index (χ0v) is 25.2. The summed E-state index contributed by atoms with van der Waals surface area (Å²) in [6.07, 6.45) is 1.12. The number of carbonyl (C=O) groups excluding carboxylic acids is 2. The molecule has 9 heteroatoms. The number of piperazine rings is 1. The van der Waals surface area contributed by atoms with Crippen molar-refractivity contribution in [2.24, 2.45) is 5.41 Å². The maximum absolute atomic E-state index is 14.1. The SMILES string of the molecule is CC1(C)CC(=O)C2=C(C1)Nc1ccccc1N(CC(=O)N1CCN(c3nsc4ccccc34)CC1)C2c1ccc(F)cc1. The molecule has 0 saturated carbocycles. The molecule has 7 rings (SSSR count). The first kappa shape index (κ1) is 27.6. The van der Waals surface area contributed by atoms with Gasteiger partial charge in [0.2, 0.25) is 5.91 Å². The van der Waals surface area contributed by atoms with Crippen LogP contribution in [-0.4, -0.2) is 53.7 Å². The number of benzene rings is 3. The first-order valence-corrected chi connectivity index (χ1v) is 15.6. The van der Waals surface area contributed by atoms with Crippen LogP contribution < -0.4 is 15.1 Å². The minimum atomic E-state index is -0.526. The van der Waals surface area contributed by atoms with Crippen LogP contribution in [0.2, 0.25) is 0 Å². The van der Waals surface area contributed by atoms with E-state index in [2.05, 4.69) is 36.2 Å². The quantitative estimate of drug-likeness (QED) is 0.295. The number of anilines is 3. The number of halogens is 1. The van der Waals surface area contributed by atoms with Gasteiger partial charge in [-0.3, -0.25) is 9.59 Å². The Labute approximate surface area is 254 Å². The Morgan fingerprint density at radius 3 is 2.49 bits per heavy atom. The Kier molecular flexibility index (Phi) is 6.92. The number of fused-ring (bicyclic) bond motifs is 2. The molecular formula is C34H34FN5O2S. The van der Waals surface area contributed by atoms with Crippen LogP contribution in [0.4, 0.5) is 21.6 Å². The molecule has 4 aromatic rings. The van der Waals surface area contributed by atoms with Gasteiger partial charge in [0.05, 0.1) is 28.7 Å². The van der Waals surface area contributed by atoms with Crippen molar-refractivity contribution in [2.75, 3.05) is 47.8 Å². The highest BCUT2D eigenvalue weighted by molar-refractivity contribution is 7.13. The van der Waals surface area contributed by atoms with Crippen molar-refractivity contribution in [1.29, 1.82) is 0 Å². The minimum absolute atomic E-state index is 0.00246. The molecule has 220 valence electrons. The zero-order chi connectivity index (χ0) is 29.7. The molecular weight excluding hydrogens is 561 g/mol. The molecule has 1 amide bonds. The Morgan fingerprint density at radius 1 is 0.977 bits per heavy atom. The summed E-state index contributed by atoms with van der Waals surface area (Å²) in [5, 5.41) is 4.73. The van der Waals surface area contributed by atoms with E-state index in [0.717, 1.165) is 38.5 Å². The molecule has 3 aromatic carbocycles. The third-order valence-electron chi connectivity index (χ3n) is 8.79. The lowest BCUT2D eigenvalue weighted by Gasteiger charge is -2.40. The van der Waals surface area contributed by atoms with Crippen LogP contribution in [0, 0.1) is 11.2 Å². The van der Waals surface area contributed by atoms with Crippen LogP contribution in [0.25, 0.3) is 10.1 Å². The van der Waals surface area contributed by atoms with Gasteiger partial charge in [-0.1, -0.05) is 50.2 Å². The molecule has 1 atom stereocenters. The summed E-state index contributed by atoms with van der Waals surface area (Å²) in [5.41, 5.74) is 3.83. The van der Waals surface area contributed by atoms with Crippen molar-refractivity contribution in [3.8, 4) is 0 Å². The maximum atomic E-state index is 14.1. The van der Waals surface area contributed by atoms with E-state index < -0.39 is 6.04 Å². The smallest absolute Gasteiger partial charge is 0.242 e. The lowest BCUT2D eigenvalue weighted by molar-refractivity contribution is -0.130. The fourth-order valence-corrected chi connectivity index (χ4v) is 7.53. The number of amides is 1. The Bertz CT molecular complexity index is 1740. The maximum Gasteiger partial charge on any atom is 0.242 e. The Balaban J connectivity index is 1.21. The molecule has 0 spiro atoms. The number of hydrogen-bond acceptors (Lipinski definition) is 7. The molecule has 7 nitrogen and oxygen atoms in total. The predicted octanol–water partition coefficient (Wildman–Crippen LogP) is 6.40. The van der Waals surface area contributed by atoms with Crippen molar-refractivity contribution >= 4 is 50.5 Å². The van der Waals surface area contributed by atoms with Gasteiger partial charge in [-0.25, -0.2) is 4.39 Å². The second-order valence-corrected chi connectivity index (χ2v) is 13.2. The normalized spacial score (nSPS) is 20.0. The van der Waals surface area contributed by atoms with E-state index >= 15 is 0 Å². The number of para-hydroxylation sites is 2. The van der Waals surface area contributed by atoms with Crippen LogP contribution in [0.1, 0.15) is 38.3 Å². The molecule has 1 aliphatic carbocycles. The number of allylic oxidation sites excluding steroid dienone is 1. The minimum Gasteiger partial charge on any atom is -0.357 e. The summed E-state index contributed by atoms with van der Waals surface area (Å²) < 4.78 is 19.9. The molecule has 43 heavy (non-hydrogen) atoms. The van der Waals surface area contributed by atoms with Crippen molar-refractivity contribution in [3.63, 3.8) is 0 Å². The molecule has 1 aromatic heterocycles. The van der Waals surface area contributed by atoms with E-state index in [9.17, 15) is 14.0 Å². The highest BCUT2D eigenvalue weighted by atomic mass is 32.1. The number of Topliss-reactive ketones (excluding diaryl/α,β-unsaturated/α-hetero) is 1. The number of carbonyl (C=O) groups is 2. The lowest BCUT2D eigenvalue weighted by Crippen LogP contribution is -2.52. The monoisotopic (exact) mass is 595 g/mol. The summed E-state index contributed by atoms with van der Waals surface area (Å²) >= 11 is 1.50. The molecule has 3 aliphatic rings. The van der Waals surface area contributed by atoms with Gasteiger partial charge in [-0.15, -0.1) is 0 Å². The van der Waals surface area contributed by atoms with Crippen molar-refractivity contribution < 1.29 is 14.0 Å². The van der Waals surface area contributed by atoms with Crippen LogP contribution in [0.5, 0.6) is 0 Å². The summed E-state index contributed by atoms with van der Waals surface area (Å²) in [7, 11) is 0. The van der Waals surface area contributed by atoms with E-state index in [1.807, 2.05) is 46.2 Å². The molecule has 2 aliphatic heterocycles. The van der Waals surface area contributed by atoms with Gasteiger partial charge in [0, 0.05) is 49.3 Å². The van der Waals surface area contributed by atoms with Gasteiger partial charge in [0.15, 0.2) is 5.78 Å². The van der Waals surface area contributed by atoms with Crippen LogP contribution in [-0.2, 0) is 9.59 Å². The third-order valence-corrected chi connectivity index (χ3v) is 9.60. The highest BCUT2D eigenvalue weighted by Crippen LogP contribution is 2.48. The third kappa shape index (κ3) is 5.16. The van der Waals surface area contributed by atoms with Gasteiger partial charge in [0.1, 0.15) is 11.6 Å². The van der Waals surface area contributed by atoms with Gasteiger partial charge in [-0.2, -0.15) is 4.37 Å². The Morgan fingerprint density at radius 2 is 1.70 bits per heavy atom. The van der Waals surface area contributed by atoms with E-state index in [4.69, 9.17) is 4.37 Å². The topological polar surface area (TPSA) is 68.8 Å². The highest BCUT2D eigenvalue weighted by Gasteiger charge is 2.42. The largest absolute Gasteiger partial charge is 0.357 e. The van der Waals surface area contributed by atoms with Gasteiger partial charge >= 0.3 is 0 Å². The molecule has 3 heterocycles. The van der Waals surface area contributed by atoms with E-state index in [1.54, 1.807) is 12.1 Å². The predicted molar refractivity (Wildman–Crippen MR) is 170 cm³/mol. The standard InChI is InChI=1S/C34H34FN5O2S/c1-34(2)19-26-31(28(41)20-34)32(22-11-13-23(35)14-12-22)40(27-9-5-4-8-25(27)36-26)21-30(42)38-15-17-39(18-16-38)33-24-7-3-6-10-29(24)43-37-33/h3-14,32,36H,15-21H2,1-2H3. The molecule has 0 bridgehead atoms. The molecule has 0 radical (unpaired) electrons. The number of nitrogens with zero attached hydrogens (tertiary/aromatic N) is 4. The average molecular weight is 596 g/mol.